The van der Waals surface area contributed by atoms with Crippen LogP contribution < -0.4 is 20.1 Å². The molecular weight excluding hydrogens is 364 g/mol. The summed E-state index contributed by atoms with van der Waals surface area (Å²) < 4.78 is 11.5. The van der Waals surface area contributed by atoms with Crippen molar-refractivity contribution in [2.45, 2.75) is 19.4 Å². The van der Waals surface area contributed by atoms with Crippen LogP contribution in [0, 0.1) is 0 Å². The lowest BCUT2D eigenvalue weighted by atomic mass is 10.2. The number of nitrogens with one attached hydrogen (secondary N) is 2. The average molecular weight is 399 g/mol. The third kappa shape index (κ3) is 9.85. The van der Waals surface area contributed by atoms with Crippen molar-refractivity contribution in [3.63, 3.8) is 0 Å². The van der Waals surface area contributed by atoms with E-state index in [0.29, 0.717) is 13.2 Å². The molecule has 0 atom stereocenters. The van der Waals surface area contributed by atoms with Crippen molar-refractivity contribution < 1.29 is 9.47 Å². The lowest BCUT2D eigenvalue weighted by Gasteiger charge is -2.13. The van der Waals surface area contributed by atoms with Crippen molar-refractivity contribution in [2.24, 2.45) is 4.99 Å². The van der Waals surface area contributed by atoms with E-state index in [-0.39, 0.29) is 0 Å². The predicted octanol–water partition coefficient (Wildman–Crippen LogP) is 3.15. The minimum absolute atomic E-state index is 0.671. The first-order valence-electron chi connectivity index (χ1n) is 10.2. The highest BCUT2D eigenvalue weighted by Crippen LogP contribution is 2.12. The lowest BCUT2D eigenvalue weighted by molar-refractivity contribution is 0.281. The molecule has 0 aliphatic heterocycles. The molecule has 2 N–H and O–H groups in total. The first-order valence-corrected chi connectivity index (χ1v) is 10.2. The summed E-state index contributed by atoms with van der Waals surface area (Å²) in [4.78, 5) is 6.43. The summed E-state index contributed by atoms with van der Waals surface area (Å²) in [6, 6.07) is 18.1. The highest BCUT2D eigenvalue weighted by molar-refractivity contribution is 5.79. The number of hydrogen-bond acceptors (Lipinski definition) is 4. The number of aliphatic imine (C=N–C) groups is 1. The van der Waals surface area contributed by atoms with E-state index in [1.165, 1.54) is 5.56 Å². The fraction of sp³-hybridized carbons (Fsp3) is 0.435. The average Bonchev–Trinajstić information content (AvgIpc) is 2.74. The molecule has 2 aromatic carbocycles. The number of nitrogens with zero attached hydrogens (tertiary/aromatic N) is 2. The normalized spacial score (nSPS) is 11.4. The lowest BCUT2D eigenvalue weighted by Crippen LogP contribution is -2.37. The van der Waals surface area contributed by atoms with Crippen molar-refractivity contribution in [2.75, 3.05) is 47.4 Å². The Kier molecular flexibility index (Phi) is 10.5. The van der Waals surface area contributed by atoms with E-state index in [0.717, 1.165) is 50.0 Å². The summed E-state index contributed by atoms with van der Waals surface area (Å²) in [5.41, 5.74) is 1.18. The van der Waals surface area contributed by atoms with E-state index in [9.17, 15) is 0 Å². The number of para-hydroxylation sites is 1. The first-order chi connectivity index (χ1) is 14.2. The Labute approximate surface area is 174 Å². The standard InChI is InChI=1S/C23H34N4O2/c1-24-23(25-15-7-17-28-21-9-5-4-6-10-21)26-19-20-11-13-22(14-12-20)29-18-8-16-27(2)3/h4-6,9-14H,7-8,15-19H2,1-3H3,(H2,24,25,26). The van der Waals surface area contributed by atoms with E-state index in [4.69, 9.17) is 9.47 Å². The summed E-state index contributed by atoms with van der Waals surface area (Å²) >= 11 is 0. The second kappa shape index (κ2) is 13.4. The van der Waals surface area contributed by atoms with Crippen LogP contribution in [0.5, 0.6) is 11.5 Å². The number of benzene rings is 2. The van der Waals surface area contributed by atoms with Gasteiger partial charge >= 0.3 is 0 Å². The summed E-state index contributed by atoms with van der Waals surface area (Å²) in [7, 11) is 5.92. The molecule has 0 saturated heterocycles. The van der Waals surface area contributed by atoms with Crippen LogP contribution in [0.25, 0.3) is 0 Å². The topological polar surface area (TPSA) is 58.1 Å². The summed E-state index contributed by atoms with van der Waals surface area (Å²) in [5.74, 6) is 2.60. The van der Waals surface area contributed by atoms with Crippen molar-refractivity contribution >= 4 is 5.96 Å². The van der Waals surface area contributed by atoms with Crippen LogP contribution in [-0.4, -0.2) is 58.3 Å². The molecule has 0 amide bonds. The Morgan fingerprint density at radius 2 is 1.52 bits per heavy atom. The quantitative estimate of drug-likeness (QED) is 0.327. The number of rotatable bonds is 12. The molecule has 6 nitrogen and oxygen atoms in total. The van der Waals surface area contributed by atoms with Gasteiger partial charge in [0.1, 0.15) is 11.5 Å². The van der Waals surface area contributed by atoms with Gasteiger partial charge < -0.3 is 25.0 Å². The molecule has 0 unspecified atom stereocenters. The summed E-state index contributed by atoms with van der Waals surface area (Å²) in [6.45, 7) is 3.95. The first kappa shape index (κ1) is 22.6. The zero-order valence-corrected chi connectivity index (χ0v) is 17.9. The van der Waals surface area contributed by atoms with Crippen LogP contribution in [0.15, 0.2) is 59.6 Å². The maximum absolute atomic E-state index is 5.77. The molecular formula is C23H34N4O2. The molecule has 0 spiro atoms. The molecule has 2 rings (SSSR count). The van der Waals surface area contributed by atoms with Gasteiger partial charge in [0.2, 0.25) is 0 Å². The highest BCUT2D eigenvalue weighted by Gasteiger charge is 2.00. The van der Waals surface area contributed by atoms with Gasteiger partial charge in [0.15, 0.2) is 5.96 Å². The van der Waals surface area contributed by atoms with Gasteiger partial charge in [0, 0.05) is 26.7 Å². The van der Waals surface area contributed by atoms with Crippen LogP contribution in [0.4, 0.5) is 0 Å². The fourth-order valence-corrected chi connectivity index (χ4v) is 2.67. The molecule has 0 aliphatic rings. The van der Waals surface area contributed by atoms with Crippen molar-refractivity contribution in [3.8, 4) is 11.5 Å². The van der Waals surface area contributed by atoms with Crippen molar-refractivity contribution in [3.05, 3.63) is 60.2 Å². The molecule has 0 heterocycles. The van der Waals surface area contributed by atoms with E-state index in [2.05, 4.69) is 46.8 Å². The van der Waals surface area contributed by atoms with Crippen LogP contribution in [-0.2, 0) is 6.54 Å². The fourth-order valence-electron chi connectivity index (χ4n) is 2.67. The Bertz CT molecular complexity index is 703. The number of guanidine groups is 1. The Morgan fingerprint density at radius 1 is 0.862 bits per heavy atom. The van der Waals surface area contributed by atoms with Crippen LogP contribution in [0.1, 0.15) is 18.4 Å². The monoisotopic (exact) mass is 398 g/mol. The van der Waals surface area contributed by atoms with E-state index in [1.807, 2.05) is 42.5 Å². The SMILES string of the molecule is CN=C(NCCCOc1ccccc1)NCc1ccc(OCCCN(C)C)cc1. The van der Waals surface area contributed by atoms with Gasteiger partial charge in [0.05, 0.1) is 13.2 Å². The van der Waals surface area contributed by atoms with Crippen molar-refractivity contribution in [1.82, 2.24) is 15.5 Å². The highest BCUT2D eigenvalue weighted by atomic mass is 16.5. The van der Waals surface area contributed by atoms with Crippen molar-refractivity contribution in [1.29, 1.82) is 0 Å². The third-order valence-corrected chi connectivity index (χ3v) is 4.25. The molecule has 29 heavy (non-hydrogen) atoms. The van der Waals surface area contributed by atoms with E-state index >= 15 is 0 Å². The molecule has 0 aromatic heterocycles. The molecule has 158 valence electrons. The minimum atomic E-state index is 0.671. The van der Waals surface area contributed by atoms with Gasteiger partial charge in [-0.05, 0) is 56.8 Å². The Balaban J connectivity index is 1.60. The van der Waals surface area contributed by atoms with Gasteiger partial charge in [-0.3, -0.25) is 4.99 Å². The Morgan fingerprint density at radius 3 is 2.17 bits per heavy atom. The third-order valence-electron chi connectivity index (χ3n) is 4.25. The molecule has 0 radical (unpaired) electrons. The van der Waals surface area contributed by atoms with Crippen LogP contribution in [0.3, 0.4) is 0 Å². The smallest absolute Gasteiger partial charge is 0.191 e. The number of hydrogen-bond donors (Lipinski definition) is 2. The predicted molar refractivity (Wildman–Crippen MR) is 120 cm³/mol. The maximum Gasteiger partial charge on any atom is 0.191 e. The summed E-state index contributed by atoms with van der Waals surface area (Å²) in [5, 5.41) is 6.64. The largest absolute Gasteiger partial charge is 0.494 e. The second-order valence-electron chi connectivity index (χ2n) is 7.02. The van der Waals surface area contributed by atoms with E-state index < -0.39 is 0 Å². The molecule has 0 fully saturated rings. The van der Waals surface area contributed by atoms with Gasteiger partial charge in [0.25, 0.3) is 0 Å². The zero-order chi connectivity index (χ0) is 20.7. The minimum Gasteiger partial charge on any atom is -0.494 e. The van der Waals surface area contributed by atoms with Gasteiger partial charge in [-0.15, -0.1) is 0 Å². The van der Waals surface area contributed by atoms with E-state index in [1.54, 1.807) is 7.05 Å². The van der Waals surface area contributed by atoms with Crippen LogP contribution >= 0.6 is 0 Å². The van der Waals surface area contributed by atoms with Crippen LogP contribution in [0.2, 0.25) is 0 Å². The maximum atomic E-state index is 5.77. The molecule has 0 aliphatic carbocycles. The zero-order valence-electron chi connectivity index (χ0n) is 17.9. The van der Waals surface area contributed by atoms with Gasteiger partial charge in [-0.2, -0.15) is 0 Å². The second-order valence-corrected chi connectivity index (χ2v) is 7.02. The molecule has 0 saturated carbocycles. The molecule has 0 bridgehead atoms. The molecule has 2 aromatic rings. The van der Waals surface area contributed by atoms with Gasteiger partial charge in [-0.25, -0.2) is 0 Å². The number of ether oxygens (including phenoxy) is 2. The van der Waals surface area contributed by atoms with Gasteiger partial charge in [-0.1, -0.05) is 30.3 Å². The summed E-state index contributed by atoms with van der Waals surface area (Å²) in [6.07, 6.45) is 1.92. The Hall–Kier alpha value is -2.73. The molecule has 6 heteroatoms.